The number of primary amides is 2. The number of rotatable bonds is 20. The number of aliphatic hydroxyl groups is 1. The second-order valence-electron chi connectivity index (χ2n) is 19.6. The number of hydrogen-bond donors (Lipinski definition) is 14. The summed E-state index contributed by atoms with van der Waals surface area (Å²) in [7, 11) is 1.98. The lowest BCUT2D eigenvalue weighted by atomic mass is 9.90. The molecule has 81 heavy (non-hydrogen) atoms. The summed E-state index contributed by atoms with van der Waals surface area (Å²) in [5.41, 5.74) is 26.1. The van der Waals surface area contributed by atoms with Crippen LogP contribution in [0.2, 0.25) is 5.02 Å². The average Bonchev–Trinajstić information content (AvgIpc) is 3.44. The van der Waals surface area contributed by atoms with Gasteiger partial charge in [0.25, 0.3) is 0 Å². The highest BCUT2D eigenvalue weighted by Gasteiger charge is 2.37. The predicted octanol–water partition coefficient (Wildman–Crippen LogP) is 0.392. The van der Waals surface area contributed by atoms with E-state index in [1.807, 2.05) is 0 Å². The monoisotopic (exact) mass is 1180 g/mol. The van der Waals surface area contributed by atoms with Crippen LogP contribution in [0.15, 0.2) is 97.1 Å². The molecule has 18 N–H and O–H groups in total. The van der Waals surface area contributed by atoms with E-state index in [2.05, 4.69) is 37.2 Å². The minimum atomic E-state index is -1.75. The van der Waals surface area contributed by atoms with Gasteiger partial charge in [-0.2, -0.15) is 0 Å². The first-order chi connectivity index (χ1) is 38.6. The van der Waals surface area contributed by atoms with Crippen LogP contribution in [0.5, 0.6) is 11.5 Å². The number of unbranched alkanes of at least 4 members (excludes halogenated alkanes) is 1. The Morgan fingerprint density at radius 2 is 1.22 bits per heavy atom. The Labute approximate surface area is 481 Å². The van der Waals surface area contributed by atoms with Crippen molar-refractivity contribution in [2.24, 2.45) is 28.9 Å². The molecule has 9 amide bonds. The van der Waals surface area contributed by atoms with Gasteiger partial charge < -0.3 is 75.5 Å². The first-order valence-corrected chi connectivity index (χ1v) is 28.9. The molecule has 0 saturated carbocycles. The molecule has 4 aromatic rings. The second kappa shape index (κ2) is 32.1. The molecule has 4 aromatic carbocycles. The molecule has 1 fully saturated rings. The van der Waals surface area contributed by atoms with Crippen LogP contribution < -0.4 is 60.2 Å². The number of Topliss-reactive ketones (excluding diaryl/α,β-unsaturated/α-hetero) is 1. The van der Waals surface area contributed by atoms with Gasteiger partial charge in [0.2, 0.25) is 41.4 Å². The first-order valence-electron chi connectivity index (χ1n) is 26.0. The minimum Gasteiger partial charge on any atom is -0.508 e. The minimum absolute atomic E-state index is 0.0337. The van der Waals surface area contributed by atoms with Crippen molar-refractivity contribution in [2.45, 2.75) is 113 Å². The Balaban J connectivity index is 1.57. The fourth-order valence-corrected chi connectivity index (χ4v) is 11.0. The van der Waals surface area contributed by atoms with E-state index in [-0.39, 0.29) is 68.2 Å². The number of nitrogens with two attached hydrogens (primary N) is 4. The van der Waals surface area contributed by atoms with Gasteiger partial charge >= 0.3 is 6.03 Å². The van der Waals surface area contributed by atoms with Crippen molar-refractivity contribution < 1.29 is 58.5 Å². The smallest absolute Gasteiger partial charge is 0.312 e. The van der Waals surface area contributed by atoms with Gasteiger partial charge in [-0.1, -0.05) is 93.9 Å². The molecule has 0 unspecified atom stereocenters. The largest absolute Gasteiger partial charge is 0.508 e. The molecule has 9 atom stereocenters. The van der Waals surface area contributed by atoms with Gasteiger partial charge in [0, 0.05) is 48.3 Å². The third kappa shape index (κ3) is 21.5. The van der Waals surface area contributed by atoms with E-state index in [1.54, 1.807) is 60.7 Å². The van der Waals surface area contributed by atoms with Crippen molar-refractivity contribution >= 4 is 86.4 Å². The van der Waals surface area contributed by atoms with Crippen LogP contribution in [0.1, 0.15) is 60.4 Å². The molecule has 23 nitrogen and oxygen atoms in total. The lowest BCUT2D eigenvalue weighted by molar-refractivity contribution is -0.137. The number of halogens is 1. The summed E-state index contributed by atoms with van der Waals surface area (Å²) >= 11 is 6.08. The summed E-state index contributed by atoms with van der Waals surface area (Å²) in [6, 6.07) is 14.3. The maximum absolute atomic E-state index is 14.9. The Morgan fingerprint density at radius 1 is 0.679 bits per heavy atom. The standard InChI is InChI=1S/C55H70ClN11O12S2/c1-30(68)47-54(78)66-45(53(77)63-42(48(59)72)24-34-13-19-39(70)20-14-34)29-81-80-28-44(65-50(74)40(58)23-32-9-15-37(56)16-10-32)46(71)26-36(22-31-11-17-38(69)18-12-31)49(73)64-43(25-33-5-7-35(8-6-33)27-61-55(60)79)52(76)62-41(51(75)67-47)4-2-3-21-57/h5-20,30,36,40-45,47,68-70H,2-4,21-29,57-58H2,1H3,(H2,59,72)(H,62,76)(H,63,77)(H,64,73)(H,65,74)(H,66,78)(H,67,75)(H3,60,61,79)/t30-,36-,40+,41+,42-,43-,44-,45+,47+/m1/s1. The number of aliphatic hydroxyl groups excluding tert-OH is 1. The van der Waals surface area contributed by atoms with Crippen LogP contribution in [0.4, 0.5) is 4.79 Å². The molecule has 0 aromatic heterocycles. The van der Waals surface area contributed by atoms with Gasteiger partial charge in [0.05, 0.1) is 18.2 Å². The Bertz CT molecular complexity index is 2800. The molecule has 0 radical (unpaired) electrons. The van der Waals surface area contributed by atoms with Gasteiger partial charge in [-0.05, 0) is 110 Å². The summed E-state index contributed by atoms with van der Waals surface area (Å²) in [4.78, 5) is 125. The first kappa shape index (κ1) is 64.4. The maximum Gasteiger partial charge on any atom is 0.312 e. The van der Waals surface area contributed by atoms with Crippen molar-refractivity contribution in [2.75, 3.05) is 18.1 Å². The van der Waals surface area contributed by atoms with Gasteiger partial charge in [-0.25, -0.2) is 4.79 Å². The Kier molecular flexibility index (Phi) is 25.5. The lowest BCUT2D eigenvalue weighted by Gasteiger charge is -2.29. The SMILES string of the molecule is C[C@@H](O)[C@@H]1NC(=O)[C@H](CCCCN)NC(=O)[C@@H](Cc2ccc(CNC(N)=O)cc2)NC(=O)[C@H](Cc2ccc(O)cc2)CC(=O)[C@H](NC(=O)[C@@H](N)Cc2ccc(Cl)cc2)CSSC[C@@H](C(=O)N[C@H](Cc2ccc(O)cc2)C(N)=O)NC1=O. The molecule has 1 saturated heterocycles. The molecule has 1 aliphatic rings. The van der Waals surface area contributed by atoms with E-state index in [0.717, 1.165) is 21.6 Å². The van der Waals surface area contributed by atoms with Crippen molar-refractivity contribution in [3.63, 3.8) is 0 Å². The number of nitrogens with one attached hydrogen (secondary N) is 7. The number of benzene rings is 4. The highest BCUT2D eigenvalue weighted by atomic mass is 35.5. The molecule has 26 heteroatoms. The number of urea groups is 1. The van der Waals surface area contributed by atoms with Crippen molar-refractivity contribution in [1.29, 1.82) is 0 Å². The summed E-state index contributed by atoms with van der Waals surface area (Å²) in [5, 5.41) is 49.8. The van der Waals surface area contributed by atoms with Gasteiger partial charge in [0.15, 0.2) is 5.78 Å². The van der Waals surface area contributed by atoms with E-state index < -0.39 is 114 Å². The highest BCUT2D eigenvalue weighted by Crippen LogP contribution is 2.26. The number of phenols is 2. The molecule has 1 heterocycles. The molecule has 0 bridgehead atoms. The van der Waals surface area contributed by atoms with E-state index in [0.29, 0.717) is 45.7 Å². The summed E-state index contributed by atoms with van der Waals surface area (Å²) in [5.74, 6) is -8.64. The predicted molar refractivity (Wildman–Crippen MR) is 307 cm³/mol. The molecule has 1 aliphatic heterocycles. The average molecular weight is 1180 g/mol. The molecule has 5 rings (SSSR count). The van der Waals surface area contributed by atoms with Gasteiger partial charge in [-0.15, -0.1) is 0 Å². The number of amides is 9. The Hall–Kier alpha value is -7.42. The normalized spacial score (nSPS) is 20.9. The van der Waals surface area contributed by atoms with Gasteiger partial charge in [0.1, 0.15) is 41.7 Å². The molecule has 0 aliphatic carbocycles. The van der Waals surface area contributed by atoms with Crippen LogP contribution in [0, 0.1) is 5.92 Å². The third-order valence-electron chi connectivity index (χ3n) is 13.1. The number of carbonyl (C=O) groups is 9. The summed E-state index contributed by atoms with van der Waals surface area (Å²) in [6.07, 6.45) is -1.81. The van der Waals surface area contributed by atoms with Crippen molar-refractivity contribution in [3.05, 3.63) is 130 Å². The zero-order chi connectivity index (χ0) is 59.2. The second-order valence-corrected chi connectivity index (χ2v) is 22.6. The molecular weight excluding hydrogens is 1110 g/mol. The molecule has 436 valence electrons. The van der Waals surface area contributed by atoms with E-state index in [9.17, 15) is 58.5 Å². The quantitative estimate of drug-likeness (QED) is 0.0420. The fraction of sp³-hybridized carbons (Fsp3) is 0.400. The van der Waals surface area contributed by atoms with Crippen LogP contribution >= 0.6 is 33.2 Å². The lowest BCUT2D eigenvalue weighted by Crippen LogP contribution is -2.62. The van der Waals surface area contributed by atoms with E-state index >= 15 is 0 Å². The summed E-state index contributed by atoms with van der Waals surface area (Å²) in [6.45, 7) is 1.53. The summed E-state index contributed by atoms with van der Waals surface area (Å²) < 4.78 is 0. The maximum atomic E-state index is 14.9. The van der Waals surface area contributed by atoms with E-state index in [4.69, 9.17) is 34.5 Å². The zero-order valence-electron chi connectivity index (χ0n) is 44.4. The van der Waals surface area contributed by atoms with Crippen LogP contribution in [-0.4, -0.2) is 135 Å². The van der Waals surface area contributed by atoms with Crippen molar-refractivity contribution in [3.8, 4) is 11.5 Å². The van der Waals surface area contributed by atoms with Gasteiger partial charge in [-0.3, -0.25) is 38.4 Å². The number of hydrogen-bond acceptors (Lipinski definition) is 16. The fourth-order valence-electron chi connectivity index (χ4n) is 8.47. The number of aromatic hydroxyl groups is 2. The van der Waals surface area contributed by atoms with Crippen LogP contribution in [-0.2, 0) is 70.6 Å². The highest BCUT2D eigenvalue weighted by molar-refractivity contribution is 8.76. The topological polar surface area (TPSA) is 403 Å². The molecular formula is C55H70ClN11O12S2. The van der Waals surface area contributed by atoms with Crippen LogP contribution in [0.25, 0.3) is 0 Å². The number of ketones is 1. The third-order valence-corrected chi connectivity index (χ3v) is 15.7. The van der Waals surface area contributed by atoms with Crippen molar-refractivity contribution in [1.82, 2.24) is 37.2 Å². The van der Waals surface area contributed by atoms with E-state index in [1.165, 1.54) is 43.3 Å². The number of carbonyl (C=O) groups excluding carboxylic acids is 9. The number of phenolic OH excluding ortho intramolecular Hbond substituents is 2. The zero-order valence-corrected chi connectivity index (χ0v) is 46.8. The Morgan fingerprint density at radius 3 is 1.83 bits per heavy atom. The molecule has 0 spiro atoms. The van der Waals surface area contributed by atoms with Crippen LogP contribution in [0.3, 0.4) is 0 Å².